The van der Waals surface area contributed by atoms with E-state index >= 15 is 0 Å². The van der Waals surface area contributed by atoms with E-state index in [4.69, 9.17) is 0 Å². The lowest BCUT2D eigenvalue weighted by Crippen LogP contribution is -2.53. The summed E-state index contributed by atoms with van der Waals surface area (Å²) in [7, 11) is -3.28. The van der Waals surface area contributed by atoms with Crippen LogP contribution in [0.4, 0.5) is 5.69 Å². The molecule has 1 atom stereocenters. The van der Waals surface area contributed by atoms with Crippen molar-refractivity contribution in [3.05, 3.63) is 29.8 Å². The van der Waals surface area contributed by atoms with Gasteiger partial charge < -0.3 is 4.90 Å². The number of aryl methyl sites for hydroxylation is 1. The Morgan fingerprint density at radius 2 is 1.69 bits per heavy atom. The maximum atomic E-state index is 13.0. The molecule has 3 heterocycles. The zero-order valence-electron chi connectivity index (χ0n) is 15.8. The van der Waals surface area contributed by atoms with Gasteiger partial charge in [0.2, 0.25) is 0 Å². The first-order valence-electron chi connectivity index (χ1n) is 10.2. The van der Waals surface area contributed by atoms with E-state index in [1.807, 2.05) is 0 Å². The number of hydrogen-bond acceptors (Lipinski definition) is 3. The van der Waals surface area contributed by atoms with Gasteiger partial charge in [0.1, 0.15) is 0 Å². The first-order chi connectivity index (χ1) is 12.6. The lowest BCUT2D eigenvalue weighted by molar-refractivity contribution is 0.240. The summed E-state index contributed by atoms with van der Waals surface area (Å²) in [6.45, 7) is 5.92. The van der Waals surface area contributed by atoms with Crippen LogP contribution in [0.5, 0.6) is 0 Å². The van der Waals surface area contributed by atoms with Crippen molar-refractivity contribution in [1.29, 1.82) is 0 Å². The van der Waals surface area contributed by atoms with Crippen molar-refractivity contribution < 1.29 is 8.42 Å². The van der Waals surface area contributed by atoms with E-state index in [1.54, 1.807) is 8.61 Å². The van der Waals surface area contributed by atoms with Crippen LogP contribution >= 0.6 is 0 Å². The molecule has 0 saturated carbocycles. The molecular formula is C20H31N3O2S. The summed E-state index contributed by atoms with van der Waals surface area (Å²) in [4.78, 5) is 2.53. The van der Waals surface area contributed by atoms with Gasteiger partial charge in [0.05, 0.1) is 0 Å². The molecule has 0 N–H and O–H groups in total. The molecule has 2 saturated heterocycles. The Bertz CT molecular complexity index is 728. The molecule has 0 radical (unpaired) electrons. The number of piperidine rings is 2. The normalized spacial score (nSPS) is 26.7. The van der Waals surface area contributed by atoms with Crippen molar-refractivity contribution in [2.24, 2.45) is 5.92 Å². The standard InChI is InChI=1S/C20H31N3O2S/c1-17-6-4-12-22(16-17)26(24,25)21-14-10-19(11-15-21)23-13-5-8-18-7-2-3-9-20(18)23/h2-3,7,9,17,19H,4-6,8,10-16H2,1H3/t17-/m1/s1. The summed E-state index contributed by atoms with van der Waals surface area (Å²) in [5, 5.41) is 0. The smallest absolute Gasteiger partial charge is 0.281 e. The molecule has 6 heteroatoms. The van der Waals surface area contributed by atoms with Gasteiger partial charge in [-0.3, -0.25) is 0 Å². The molecular weight excluding hydrogens is 346 g/mol. The van der Waals surface area contributed by atoms with E-state index in [1.165, 1.54) is 17.7 Å². The minimum atomic E-state index is -3.28. The molecule has 5 nitrogen and oxygen atoms in total. The lowest BCUT2D eigenvalue weighted by atomic mass is 9.96. The first-order valence-corrected chi connectivity index (χ1v) is 11.5. The molecule has 4 rings (SSSR count). The monoisotopic (exact) mass is 377 g/mol. The zero-order chi connectivity index (χ0) is 18.1. The molecule has 0 aliphatic carbocycles. The molecule has 2 fully saturated rings. The van der Waals surface area contributed by atoms with Gasteiger partial charge in [-0.05, 0) is 56.1 Å². The summed E-state index contributed by atoms with van der Waals surface area (Å²) in [6, 6.07) is 9.17. The van der Waals surface area contributed by atoms with E-state index < -0.39 is 10.2 Å². The molecule has 0 bridgehead atoms. The van der Waals surface area contributed by atoms with Gasteiger partial charge in [0, 0.05) is 44.5 Å². The van der Waals surface area contributed by atoms with Crippen molar-refractivity contribution >= 4 is 15.9 Å². The van der Waals surface area contributed by atoms with E-state index in [-0.39, 0.29) is 0 Å². The van der Waals surface area contributed by atoms with E-state index in [2.05, 4.69) is 36.1 Å². The number of benzene rings is 1. The molecule has 1 aromatic carbocycles. The number of fused-ring (bicyclic) bond motifs is 1. The molecule has 3 aliphatic rings. The maximum absolute atomic E-state index is 13.0. The molecule has 0 aromatic heterocycles. The Hall–Kier alpha value is -1.11. The predicted octanol–water partition coefficient (Wildman–Crippen LogP) is 2.88. The third kappa shape index (κ3) is 3.51. The minimum Gasteiger partial charge on any atom is -0.368 e. The fourth-order valence-corrected chi connectivity index (χ4v) is 6.65. The summed E-state index contributed by atoms with van der Waals surface area (Å²) >= 11 is 0. The molecule has 1 aromatic rings. The van der Waals surface area contributed by atoms with Crippen LogP contribution in [0, 0.1) is 5.92 Å². The molecule has 0 amide bonds. The highest BCUT2D eigenvalue weighted by atomic mass is 32.2. The van der Waals surface area contributed by atoms with Crippen molar-refractivity contribution in [3.63, 3.8) is 0 Å². The molecule has 3 aliphatic heterocycles. The predicted molar refractivity (Wildman–Crippen MR) is 106 cm³/mol. The highest BCUT2D eigenvalue weighted by Crippen LogP contribution is 2.32. The zero-order valence-corrected chi connectivity index (χ0v) is 16.6. The lowest BCUT2D eigenvalue weighted by Gasteiger charge is -2.43. The van der Waals surface area contributed by atoms with Crippen LogP contribution < -0.4 is 4.90 Å². The maximum Gasteiger partial charge on any atom is 0.281 e. The van der Waals surface area contributed by atoms with Crippen molar-refractivity contribution in [2.75, 3.05) is 37.6 Å². The third-order valence-corrected chi connectivity index (χ3v) is 8.28. The third-order valence-electron chi connectivity index (χ3n) is 6.28. The van der Waals surface area contributed by atoms with Crippen molar-refractivity contribution in [1.82, 2.24) is 8.61 Å². The number of para-hydroxylation sites is 1. The van der Waals surface area contributed by atoms with Gasteiger partial charge in [0.25, 0.3) is 10.2 Å². The van der Waals surface area contributed by atoms with Crippen LogP contribution in [0.25, 0.3) is 0 Å². The average Bonchev–Trinajstić information content (AvgIpc) is 2.68. The largest absolute Gasteiger partial charge is 0.368 e. The molecule has 0 unspecified atom stereocenters. The van der Waals surface area contributed by atoms with E-state index in [0.717, 1.165) is 38.6 Å². The number of nitrogens with zero attached hydrogens (tertiary/aromatic N) is 3. The summed E-state index contributed by atoms with van der Waals surface area (Å²) in [5.74, 6) is 0.473. The van der Waals surface area contributed by atoms with Crippen LogP contribution in [-0.4, -0.2) is 55.8 Å². The topological polar surface area (TPSA) is 43.9 Å². The Kier molecular flexibility index (Phi) is 5.26. The fourth-order valence-electron chi connectivity index (χ4n) is 4.85. The Labute approximate surface area is 158 Å². The van der Waals surface area contributed by atoms with Gasteiger partial charge in [-0.15, -0.1) is 0 Å². The Morgan fingerprint density at radius 3 is 2.46 bits per heavy atom. The number of anilines is 1. The molecule has 26 heavy (non-hydrogen) atoms. The first kappa shape index (κ1) is 18.3. The quantitative estimate of drug-likeness (QED) is 0.814. The Balaban J connectivity index is 1.42. The summed E-state index contributed by atoms with van der Waals surface area (Å²) in [5.41, 5.74) is 2.81. The second kappa shape index (κ2) is 7.49. The SMILES string of the molecule is C[C@@H]1CCCN(S(=O)(=O)N2CCC(N3CCCc4ccccc43)CC2)C1. The van der Waals surface area contributed by atoms with Crippen LogP contribution in [0.2, 0.25) is 0 Å². The second-order valence-electron chi connectivity index (χ2n) is 8.17. The minimum absolute atomic E-state index is 0.461. The highest BCUT2D eigenvalue weighted by Gasteiger charge is 2.36. The van der Waals surface area contributed by atoms with E-state index in [0.29, 0.717) is 38.1 Å². The van der Waals surface area contributed by atoms with Crippen molar-refractivity contribution in [2.45, 2.75) is 51.5 Å². The Morgan fingerprint density at radius 1 is 0.923 bits per heavy atom. The van der Waals surface area contributed by atoms with Gasteiger partial charge >= 0.3 is 0 Å². The van der Waals surface area contributed by atoms with Crippen LogP contribution in [0.3, 0.4) is 0 Å². The highest BCUT2D eigenvalue weighted by molar-refractivity contribution is 7.86. The van der Waals surface area contributed by atoms with Crippen LogP contribution in [-0.2, 0) is 16.6 Å². The average molecular weight is 378 g/mol. The van der Waals surface area contributed by atoms with Crippen LogP contribution in [0.15, 0.2) is 24.3 Å². The van der Waals surface area contributed by atoms with Gasteiger partial charge in [-0.2, -0.15) is 17.0 Å². The second-order valence-corrected chi connectivity index (χ2v) is 10.1. The van der Waals surface area contributed by atoms with Crippen LogP contribution in [0.1, 0.15) is 44.6 Å². The molecule has 0 spiro atoms. The van der Waals surface area contributed by atoms with Gasteiger partial charge in [-0.25, -0.2) is 0 Å². The molecule has 144 valence electrons. The van der Waals surface area contributed by atoms with Gasteiger partial charge in [-0.1, -0.05) is 25.1 Å². The van der Waals surface area contributed by atoms with Crippen molar-refractivity contribution in [3.8, 4) is 0 Å². The summed E-state index contributed by atoms with van der Waals surface area (Å²) in [6.07, 6.45) is 6.34. The van der Waals surface area contributed by atoms with E-state index in [9.17, 15) is 8.42 Å². The van der Waals surface area contributed by atoms with Gasteiger partial charge in [0.15, 0.2) is 0 Å². The number of rotatable bonds is 3. The fraction of sp³-hybridized carbons (Fsp3) is 0.700. The summed E-state index contributed by atoms with van der Waals surface area (Å²) < 4.78 is 29.5. The number of hydrogen-bond donors (Lipinski definition) is 0.